The van der Waals surface area contributed by atoms with Gasteiger partial charge < -0.3 is 29.0 Å². The van der Waals surface area contributed by atoms with Crippen molar-refractivity contribution in [1.29, 1.82) is 0 Å². The first-order chi connectivity index (χ1) is 68.9. The van der Waals surface area contributed by atoms with Crippen molar-refractivity contribution in [3.05, 3.63) is 360 Å². The van der Waals surface area contributed by atoms with Crippen molar-refractivity contribution in [2.45, 2.75) is 105 Å². The van der Waals surface area contributed by atoms with Crippen molar-refractivity contribution in [2.24, 2.45) is 0 Å². The van der Waals surface area contributed by atoms with Crippen LogP contribution in [-0.4, -0.2) is 128 Å². The molecule has 700 valence electrons. The number of carbonyl (C=O) groups is 5. The lowest BCUT2D eigenvalue weighted by molar-refractivity contribution is -0.148. The summed E-state index contributed by atoms with van der Waals surface area (Å²) in [6.07, 6.45) is 0.605. The predicted molar refractivity (Wildman–Crippen MR) is 536 cm³/mol. The zero-order chi connectivity index (χ0) is 108. The first-order valence-electron chi connectivity index (χ1n) is 46.6. The second-order valence-electron chi connectivity index (χ2n) is 26.0. The van der Waals surface area contributed by atoms with Crippen LogP contribution in [0.25, 0.3) is 0 Å². The Kier molecular flexibility index (Phi) is 40.9. The van der Waals surface area contributed by atoms with Crippen molar-refractivity contribution in [3.8, 4) is 0 Å². The summed E-state index contributed by atoms with van der Waals surface area (Å²) in [5, 5.41) is 15.6. The Bertz CT molecular complexity index is 6760. The van der Waals surface area contributed by atoms with Gasteiger partial charge in [0.1, 0.15) is 12.1 Å². The van der Waals surface area contributed by atoms with E-state index in [1.807, 2.05) is 90.8 Å². The van der Waals surface area contributed by atoms with Crippen LogP contribution < -0.4 is 5.32 Å². The molecule has 5 aromatic carbocycles. The minimum Gasteiger partial charge on any atom is -0.469 e. The number of hydrogen-bond acceptors (Lipinski definition) is 30. The van der Waals surface area contributed by atoms with Crippen LogP contribution in [0.2, 0.25) is 10.0 Å². The van der Waals surface area contributed by atoms with Crippen molar-refractivity contribution < 1.29 is 107 Å². The number of carbonyl (C=O) groups excluding carboxylic acids is 5. The van der Waals surface area contributed by atoms with E-state index in [1.165, 1.54) is 104 Å². The Balaban J connectivity index is 0.000000256. The zero-order valence-corrected chi connectivity index (χ0v) is 83.7. The van der Waals surface area contributed by atoms with Gasteiger partial charge in [-0.25, -0.2) is 9.59 Å². The zero-order valence-electron chi connectivity index (χ0n) is 87.6. The van der Waals surface area contributed by atoms with Crippen LogP contribution in [0.5, 0.6) is 0 Å². The van der Waals surface area contributed by atoms with Gasteiger partial charge in [0.2, 0.25) is 0 Å². The third kappa shape index (κ3) is 41.8. The summed E-state index contributed by atoms with van der Waals surface area (Å²) in [4.78, 5) is 64.6. The summed E-state index contributed by atoms with van der Waals surface area (Å²) in [5.41, 5.74) is 4.74. The van der Waals surface area contributed by atoms with Crippen LogP contribution in [0, 0.1) is 20.8 Å². The predicted octanol–water partition coefficient (Wildman–Crippen LogP) is 22.7. The third-order valence-corrected chi connectivity index (χ3v) is 28.6. The smallest absolute Gasteiger partial charge is 0.327 e. The molecular formula is C95H103Cl3N2O19S12. The summed E-state index contributed by atoms with van der Waals surface area (Å²) >= 11 is 24.2. The minimum absolute atomic E-state index is 0. The molecule has 1 aliphatic heterocycles. The lowest BCUT2D eigenvalue weighted by Crippen LogP contribution is -2.38. The molecule has 36 heteroatoms. The van der Waals surface area contributed by atoms with Gasteiger partial charge in [-0.05, 0) is 201 Å². The number of esters is 5. The molecule has 10 heterocycles. The van der Waals surface area contributed by atoms with Crippen molar-refractivity contribution >= 4 is 198 Å². The molecule has 0 bridgehead atoms. The molecule has 1 N–H and O–H groups in total. The average Bonchev–Trinajstić information content (AvgIpc) is 1.71. The average molecular weight is 2080 g/mol. The number of hydrogen-bond donors (Lipinski definition) is 1. The van der Waals surface area contributed by atoms with Crippen molar-refractivity contribution in [2.75, 3.05) is 68.4 Å². The molecule has 0 aliphatic carbocycles. The maximum Gasteiger partial charge on any atom is 0.327 e. The van der Waals surface area contributed by atoms with E-state index >= 15 is 0 Å². The Hall–Kier alpha value is -8.73. The first kappa shape index (κ1) is 87.6. The lowest BCUT2D eigenvalue weighted by atomic mass is 10.0. The fraction of sp³-hybridized carbons (Fsp3) is 0.253. The van der Waals surface area contributed by atoms with E-state index in [0.29, 0.717) is 68.2 Å². The van der Waals surface area contributed by atoms with E-state index in [-0.39, 0.29) is 129 Å². The molecule has 14 aromatic rings. The van der Waals surface area contributed by atoms with E-state index in [1.54, 1.807) is 153 Å². The summed E-state index contributed by atoms with van der Waals surface area (Å²) in [6, 6.07) is 51.4. The van der Waals surface area contributed by atoms with Gasteiger partial charge in [-0.3, -0.25) is 31.8 Å². The van der Waals surface area contributed by atoms with Gasteiger partial charge in [-0.15, -0.1) is 103 Å². The highest BCUT2D eigenvalue weighted by molar-refractivity contribution is 7.87. The van der Waals surface area contributed by atoms with Crippen molar-refractivity contribution in [1.82, 2.24) is 10.2 Å². The van der Waals surface area contributed by atoms with Crippen LogP contribution in [0.3, 0.4) is 0 Å². The molecule has 9 aromatic heterocycles. The number of methoxy groups -OCH3 is 5. The van der Waals surface area contributed by atoms with Gasteiger partial charge in [0.25, 0.3) is 30.4 Å². The van der Waals surface area contributed by atoms with Gasteiger partial charge in [0, 0.05) is 93.3 Å². The second-order valence-corrected chi connectivity index (χ2v) is 40.1. The summed E-state index contributed by atoms with van der Waals surface area (Å²) < 4.78 is 230. The van der Waals surface area contributed by atoms with Crippen LogP contribution >= 0.6 is 138 Å². The molecule has 1 aliphatic rings. The normalized spacial score (nSPS) is 14.0. The molecule has 15 rings (SSSR count). The first-order valence-corrected chi connectivity index (χ1v) is 51.3. The minimum atomic E-state index is -4.11. The van der Waals surface area contributed by atoms with E-state index in [9.17, 15) is 49.2 Å². The van der Waals surface area contributed by atoms with Crippen LogP contribution in [-0.2, 0) is 148 Å². The fourth-order valence-corrected chi connectivity index (χ4v) is 18.7. The largest absolute Gasteiger partial charge is 0.469 e. The van der Waals surface area contributed by atoms with Gasteiger partial charge >= 0.3 is 29.8 Å². The Morgan fingerprint density at radius 1 is 0.435 bits per heavy atom. The highest BCUT2D eigenvalue weighted by atomic mass is 35.5. The molecule has 21 nitrogen and oxygen atoms in total. The van der Waals surface area contributed by atoms with E-state index < -0.39 is 80.4 Å². The maximum atomic E-state index is 12.4. The highest BCUT2D eigenvalue weighted by Crippen LogP contribution is 2.35. The molecule has 0 fully saturated rings. The van der Waals surface area contributed by atoms with Gasteiger partial charge in [0.05, 0.1) is 106 Å². The number of rotatable bonds is 30. The fourth-order valence-electron chi connectivity index (χ4n) is 10.3. The topological polar surface area (TPSA) is 277 Å². The van der Waals surface area contributed by atoms with E-state index in [2.05, 4.69) is 25.6 Å². The Labute approximate surface area is 842 Å². The standard InChI is InChI=1S/C16H16ClNO2S.C15H16ClNO2S.3C13H14O3S2.3C7H8O2S.C4H4S.ClH/c1-20-16(19)15(12-4-2-3-5-13(12)17)18-8-6-14-11(10-18)7-9-21-14;1-19-15(18)14(12-6-2-3-7-13(12)16)17-9-8-11-5-4-10-20-11;3*1-11-4-6-13(7-5-11)18(14,15)16-9-8-12-3-2-10-17-12;3*1-9-7(8)5-6-3-2-4-10-6;1-2-4-5-3-1;/h2-5,7,9,15H,6,8,10H2,1H3;2-7,10,14,17H,8-9H2,1H3;3*2-7,10H,8-9H2,1H3;3*2-4H,5H2,1H3;1-4H;1H/t15-;14-;;;;;;;;/m00......../s1/i10D2;;2D,3D,10D;9D2;8D2;2D,3D,4D;;;1D,2D,3D,4D;. The molecule has 0 spiro atoms. The Morgan fingerprint density at radius 2 is 0.855 bits per heavy atom. The number of nitrogens with one attached hydrogen (secondary N) is 1. The van der Waals surface area contributed by atoms with Gasteiger partial charge in [-0.2, -0.15) is 36.6 Å². The van der Waals surface area contributed by atoms with Crippen molar-refractivity contribution in [3.63, 3.8) is 0 Å². The number of nitrogens with zero attached hydrogens (tertiary/aromatic N) is 1. The highest BCUT2D eigenvalue weighted by Gasteiger charge is 2.33. The molecular weight excluding hydrogens is 1960 g/mol. The number of halogens is 3. The number of ether oxygens (including phenoxy) is 5. The molecule has 0 saturated heterocycles. The molecule has 131 heavy (non-hydrogen) atoms. The number of benzene rings is 5. The van der Waals surface area contributed by atoms with Crippen LogP contribution in [0.4, 0.5) is 0 Å². The summed E-state index contributed by atoms with van der Waals surface area (Å²) in [7, 11) is -5.11. The number of fused-ring (bicyclic) bond motifs is 1. The second kappa shape index (κ2) is 61.2. The number of aryl methyl sites for hydroxylation is 4. The molecule has 0 saturated carbocycles. The molecule has 0 radical (unpaired) electrons. The Morgan fingerprint density at radius 3 is 1.27 bits per heavy atom. The van der Waals surface area contributed by atoms with Crippen LogP contribution in [0.15, 0.2) is 293 Å². The monoisotopic (exact) mass is 2080 g/mol. The van der Waals surface area contributed by atoms with Crippen LogP contribution in [0.1, 0.15) is 106 Å². The summed E-state index contributed by atoms with van der Waals surface area (Å²) in [6.45, 7) is 1.99. The summed E-state index contributed by atoms with van der Waals surface area (Å²) in [5.74, 6) is -1.65. The molecule has 0 amide bonds. The van der Waals surface area contributed by atoms with Gasteiger partial charge in [0.15, 0.2) is 0 Å². The maximum absolute atomic E-state index is 12.4. The van der Waals surface area contributed by atoms with Gasteiger partial charge in [-0.1, -0.05) is 167 Å². The number of thiophene rings is 9. The molecule has 0 unspecified atom stereocenters. The quantitative estimate of drug-likeness (QED) is 0.0249. The van der Waals surface area contributed by atoms with E-state index in [4.69, 9.17) is 67.2 Å². The van der Waals surface area contributed by atoms with E-state index in [0.717, 1.165) is 82.2 Å². The SMILES string of the molecule is COC(=O)Cc1cccs1.COC(=O)Cc1cccs1.COC(=O)[C@@H](NCCc1cccs1)c1ccccc1Cl.Cl.[2H]C([2H])(COS(=O)(=O)c1ccc(C)cc1)c1cccs1.[2H]C([2H])(Cc1cccs1)OS(=O)(=O)c1ccc(C)cc1.[2H]C1([2H])c2ccsc2CCN1[C@H](C(=O)OC)c1ccccc1Cl.[2H]c1sc(CC(=O)OC)c([2H])c1[2H].[2H]c1sc(CCOS(=O)(=O)c2ccc(C)cc2)c([2H])c1[2H].[2H]c1sc([2H])c([2H])c1[2H]. The third-order valence-electron chi connectivity index (χ3n) is 16.9. The molecule has 2 atom stereocenters. The lowest BCUT2D eigenvalue weighted by Gasteiger charge is -2.33.